The van der Waals surface area contributed by atoms with Gasteiger partial charge in [-0.3, -0.25) is 4.79 Å². The van der Waals surface area contributed by atoms with Crippen LogP contribution in [0.5, 0.6) is 0 Å². The molecule has 1 aromatic rings. The normalized spacial score (nSPS) is 10.9. The van der Waals surface area contributed by atoms with Crippen LogP contribution in [0.25, 0.3) is 0 Å². The molecule has 1 atom stereocenters. The topological polar surface area (TPSA) is 75.6 Å². The van der Waals surface area contributed by atoms with E-state index in [2.05, 4.69) is 5.32 Å². The summed E-state index contributed by atoms with van der Waals surface area (Å²) >= 11 is 0. The molecule has 0 bridgehead atoms. The fourth-order valence-corrected chi connectivity index (χ4v) is 1.43. The molecule has 0 saturated heterocycles. The summed E-state index contributed by atoms with van der Waals surface area (Å²) < 4.78 is 4.73. The third-order valence-corrected chi connectivity index (χ3v) is 2.15. The van der Waals surface area contributed by atoms with Gasteiger partial charge in [-0.2, -0.15) is 0 Å². The van der Waals surface area contributed by atoms with Crippen LogP contribution in [0, 0.1) is 0 Å². The number of halogens is 1. The minimum atomic E-state index is -0.976. The zero-order chi connectivity index (χ0) is 12.7. The van der Waals surface area contributed by atoms with E-state index in [1.54, 1.807) is 31.2 Å². The highest BCUT2D eigenvalue weighted by Gasteiger charge is 2.18. The monoisotopic (exact) mass is 273 g/mol. The summed E-state index contributed by atoms with van der Waals surface area (Å²) in [6.07, 6.45) is -0.786. The lowest BCUT2D eigenvalue weighted by Crippen LogP contribution is -2.30. The lowest BCUT2D eigenvalue weighted by Gasteiger charge is -2.16. The number of hydrogen-bond donors (Lipinski definition) is 2. The Bertz CT molecular complexity index is 383. The van der Waals surface area contributed by atoms with E-state index in [0.717, 1.165) is 5.56 Å². The Morgan fingerprint density at radius 2 is 1.94 bits per heavy atom. The van der Waals surface area contributed by atoms with Gasteiger partial charge in [-0.05, 0) is 12.5 Å². The first kappa shape index (κ1) is 16.2. The van der Waals surface area contributed by atoms with Gasteiger partial charge in [-0.1, -0.05) is 30.3 Å². The van der Waals surface area contributed by atoms with Gasteiger partial charge in [-0.25, -0.2) is 4.79 Å². The molecule has 18 heavy (non-hydrogen) atoms. The summed E-state index contributed by atoms with van der Waals surface area (Å²) in [4.78, 5) is 22.0. The van der Waals surface area contributed by atoms with Crippen molar-refractivity contribution in [2.45, 2.75) is 19.4 Å². The number of hydrogen-bond acceptors (Lipinski definition) is 3. The fraction of sp³-hybridized carbons (Fsp3) is 0.333. The molecule has 0 aromatic heterocycles. The third kappa shape index (κ3) is 5.54. The summed E-state index contributed by atoms with van der Waals surface area (Å²) in [5, 5.41) is 11.3. The van der Waals surface area contributed by atoms with Gasteiger partial charge in [0.15, 0.2) is 0 Å². The van der Waals surface area contributed by atoms with Gasteiger partial charge in [0.05, 0.1) is 19.1 Å². The smallest absolute Gasteiger partial charge is 0.407 e. The molecule has 1 unspecified atom stereocenters. The van der Waals surface area contributed by atoms with Crippen LogP contribution in [-0.4, -0.2) is 23.8 Å². The van der Waals surface area contributed by atoms with Crippen molar-refractivity contribution in [3.05, 3.63) is 35.9 Å². The van der Waals surface area contributed by atoms with E-state index in [1.807, 2.05) is 6.07 Å². The average molecular weight is 274 g/mol. The van der Waals surface area contributed by atoms with Crippen molar-refractivity contribution in [3.63, 3.8) is 0 Å². The van der Waals surface area contributed by atoms with Crippen molar-refractivity contribution >= 4 is 24.5 Å². The molecule has 1 rings (SSSR count). The quantitative estimate of drug-likeness (QED) is 0.864. The molecule has 0 spiro atoms. The summed E-state index contributed by atoms with van der Waals surface area (Å²) in [6, 6.07) is 8.35. The predicted octanol–water partition coefficient (Wildman–Crippen LogP) is 2.37. The van der Waals surface area contributed by atoms with E-state index in [4.69, 9.17) is 9.84 Å². The lowest BCUT2D eigenvalue weighted by molar-refractivity contribution is -0.137. The van der Waals surface area contributed by atoms with Gasteiger partial charge in [0, 0.05) is 0 Å². The van der Waals surface area contributed by atoms with Gasteiger partial charge in [0.25, 0.3) is 0 Å². The van der Waals surface area contributed by atoms with E-state index in [1.165, 1.54) is 0 Å². The highest BCUT2D eigenvalue weighted by Crippen LogP contribution is 2.16. The van der Waals surface area contributed by atoms with Crippen molar-refractivity contribution in [1.82, 2.24) is 5.32 Å². The molecule has 6 heteroatoms. The van der Waals surface area contributed by atoms with Gasteiger partial charge < -0.3 is 15.2 Å². The van der Waals surface area contributed by atoms with Crippen molar-refractivity contribution in [1.29, 1.82) is 0 Å². The van der Waals surface area contributed by atoms with Gasteiger partial charge in [0.1, 0.15) is 0 Å². The molecule has 0 aliphatic rings. The Labute approximate surface area is 112 Å². The molecule has 0 aliphatic carbocycles. The van der Waals surface area contributed by atoms with Crippen LogP contribution in [-0.2, 0) is 9.53 Å². The number of benzene rings is 1. The van der Waals surface area contributed by atoms with Crippen LogP contribution in [0.3, 0.4) is 0 Å². The summed E-state index contributed by atoms with van der Waals surface area (Å²) in [5.74, 6) is -0.976. The second-order valence-corrected chi connectivity index (χ2v) is 3.43. The van der Waals surface area contributed by atoms with Crippen LogP contribution in [0.1, 0.15) is 24.9 Å². The van der Waals surface area contributed by atoms with Crippen molar-refractivity contribution < 1.29 is 19.4 Å². The highest BCUT2D eigenvalue weighted by atomic mass is 35.5. The number of ether oxygens (including phenoxy) is 1. The first-order chi connectivity index (χ1) is 8.13. The average Bonchev–Trinajstić information content (AvgIpc) is 2.29. The lowest BCUT2D eigenvalue weighted by atomic mass is 10.0. The van der Waals surface area contributed by atoms with Crippen LogP contribution < -0.4 is 5.32 Å². The molecule has 0 aliphatic heterocycles. The summed E-state index contributed by atoms with van der Waals surface area (Å²) in [6.45, 7) is 1.94. The van der Waals surface area contributed by atoms with Gasteiger partial charge >= 0.3 is 12.1 Å². The molecule has 0 heterocycles. The molecule has 0 radical (unpaired) electrons. The van der Waals surface area contributed by atoms with Crippen LogP contribution in [0.4, 0.5) is 4.79 Å². The van der Waals surface area contributed by atoms with Gasteiger partial charge in [0.2, 0.25) is 0 Å². The zero-order valence-corrected chi connectivity index (χ0v) is 10.8. The highest BCUT2D eigenvalue weighted by molar-refractivity contribution is 5.85. The first-order valence-corrected chi connectivity index (χ1v) is 5.33. The first-order valence-electron chi connectivity index (χ1n) is 5.33. The Morgan fingerprint density at radius 3 is 2.44 bits per heavy atom. The number of alkyl carbamates (subject to hydrolysis) is 1. The fourth-order valence-electron chi connectivity index (χ4n) is 1.43. The van der Waals surface area contributed by atoms with Gasteiger partial charge in [-0.15, -0.1) is 12.4 Å². The van der Waals surface area contributed by atoms with Crippen LogP contribution in [0.15, 0.2) is 30.3 Å². The SMILES string of the molecule is CCOC(=O)NC(CC(=O)O)c1ccccc1.Cl. The minimum Gasteiger partial charge on any atom is -0.481 e. The number of aliphatic carboxylic acids is 1. The van der Waals surface area contributed by atoms with E-state index in [0.29, 0.717) is 0 Å². The van der Waals surface area contributed by atoms with Crippen LogP contribution in [0.2, 0.25) is 0 Å². The molecular formula is C12H16ClNO4. The van der Waals surface area contributed by atoms with E-state index >= 15 is 0 Å². The largest absolute Gasteiger partial charge is 0.481 e. The van der Waals surface area contributed by atoms with E-state index in [-0.39, 0.29) is 25.4 Å². The molecule has 0 saturated carbocycles. The van der Waals surface area contributed by atoms with E-state index < -0.39 is 18.1 Å². The number of carbonyl (C=O) groups is 2. The number of amides is 1. The molecule has 1 amide bonds. The Morgan fingerprint density at radius 1 is 1.33 bits per heavy atom. The molecule has 100 valence electrons. The molecule has 5 nitrogen and oxygen atoms in total. The standard InChI is InChI=1S/C12H15NO4.ClH/c1-2-17-12(16)13-10(8-11(14)15)9-6-4-3-5-7-9;/h3-7,10H,2,8H2,1H3,(H,13,16)(H,14,15);1H. The number of carboxylic acids is 1. The minimum absolute atomic E-state index is 0. The Hall–Kier alpha value is -1.75. The molecule has 2 N–H and O–H groups in total. The number of nitrogens with one attached hydrogen (secondary N) is 1. The van der Waals surface area contributed by atoms with Crippen molar-refractivity contribution in [2.24, 2.45) is 0 Å². The van der Waals surface area contributed by atoms with Crippen LogP contribution >= 0.6 is 12.4 Å². The summed E-state index contributed by atoms with van der Waals surface area (Å²) in [5.41, 5.74) is 0.739. The second-order valence-electron chi connectivity index (χ2n) is 3.43. The zero-order valence-electron chi connectivity index (χ0n) is 9.96. The predicted molar refractivity (Wildman–Crippen MR) is 68.8 cm³/mol. The maximum absolute atomic E-state index is 11.3. The second kappa shape index (κ2) is 8.36. The number of carbonyl (C=O) groups excluding carboxylic acids is 1. The summed E-state index contributed by atoms with van der Waals surface area (Å²) in [7, 11) is 0. The van der Waals surface area contributed by atoms with Crippen molar-refractivity contribution in [3.8, 4) is 0 Å². The maximum Gasteiger partial charge on any atom is 0.407 e. The Balaban J connectivity index is 0.00000289. The van der Waals surface area contributed by atoms with Crippen molar-refractivity contribution in [2.75, 3.05) is 6.61 Å². The Kier molecular flexibility index (Phi) is 7.54. The molecule has 1 aromatic carbocycles. The molecular weight excluding hydrogens is 258 g/mol. The molecule has 0 fully saturated rings. The number of carboxylic acid groups (broad SMARTS) is 1. The number of rotatable bonds is 5. The third-order valence-electron chi connectivity index (χ3n) is 2.15. The maximum atomic E-state index is 11.3. The van der Waals surface area contributed by atoms with E-state index in [9.17, 15) is 9.59 Å².